The minimum Gasteiger partial charge on any atom is -0.480 e. The molecule has 2 atom stereocenters. The van der Waals surface area contributed by atoms with E-state index in [4.69, 9.17) is 0 Å². The van der Waals surface area contributed by atoms with E-state index in [1.54, 1.807) is 23.0 Å². The Hall–Kier alpha value is -3.08. The van der Waals surface area contributed by atoms with Crippen LogP contribution in [0.15, 0.2) is 53.6 Å². The molecule has 0 saturated heterocycles. The summed E-state index contributed by atoms with van der Waals surface area (Å²) >= 11 is 0. The Morgan fingerprint density at radius 3 is 2.61 bits per heavy atom. The van der Waals surface area contributed by atoms with Crippen LogP contribution in [0.5, 0.6) is 0 Å². The molecule has 0 bridgehead atoms. The number of hydrogen-bond acceptors (Lipinski definition) is 6. The first-order valence-corrected chi connectivity index (χ1v) is 14.8. The Kier molecular flexibility index (Phi) is 7.92. The normalized spacial score (nSPS) is 18.8. The summed E-state index contributed by atoms with van der Waals surface area (Å²) in [7, 11) is -4.00. The van der Waals surface area contributed by atoms with Crippen LogP contribution < -0.4 is 10.0 Å². The molecule has 10 heteroatoms. The third-order valence-electron chi connectivity index (χ3n) is 7.66. The van der Waals surface area contributed by atoms with Gasteiger partial charge in [-0.2, -0.15) is 4.72 Å². The highest BCUT2D eigenvalue weighted by molar-refractivity contribution is 7.89. The summed E-state index contributed by atoms with van der Waals surface area (Å²) in [6, 6.07) is 12.2. The fourth-order valence-corrected chi connectivity index (χ4v) is 6.73. The number of carboxylic acids is 1. The highest BCUT2D eigenvalue weighted by Crippen LogP contribution is 2.33. The van der Waals surface area contributed by atoms with Crippen LogP contribution in [-0.2, 0) is 34.2 Å². The first kappa shape index (κ1) is 26.5. The number of aryl methyl sites for hydroxylation is 2. The van der Waals surface area contributed by atoms with Crippen molar-refractivity contribution >= 4 is 16.0 Å². The molecule has 0 amide bonds. The number of carbonyl (C=O) groups is 1. The van der Waals surface area contributed by atoms with E-state index in [1.165, 1.54) is 54.5 Å². The van der Waals surface area contributed by atoms with Crippen molar-refractivity contribution in [3.05, 3.63) is 76.6 Å². The summed E-state index contributed by atoms with van der Waals surface area (Å²) in [5, 5.41) is 21.9. The van der Waals surface area contributed by atoms with Crippen LogP contribution in [0.25, 0.3) is 0 Å². The molecule has 202 valence electrons. The summed E-state index contributed by atoms with van der Waals surface area (Å²) in [4.78, 5) is 11.9. The molecule has 2 aliphatic rings. The number of hydrogen-bond donors (Lipinski definition) is 3. The van der Waals surface area contributed by atoms with E-state index in [1.807, 2.05) is 6.92 Å². The fourth-order valence-electron chi connectivity index (χ4n) is 5.54. The summed E-state index contributed by atoms with van der Waals surface area (Å²) in [5.74, 6) is -1.27. The number of carboxylic acid groups (broad SMARTS) is 1. The summed E-state index contributed by atoms with van der Waals surface area (Å²) in [5.41, 5.74) is 5.16. The Bertz CT molecular complexity index is 1380. The molecule has 5 rings (SSSR count). The van der Waals surface area contributed by atoms with Gasteiger partial charge in [-0.25, -0.2) is 13.1 Å². The number of nitrogens with zero attached hydrogens (tertiary/aromatic N) is 3. The zero-order chi connectivity index (χ0) is 26.7. The van der Waals surface area contributed by atoms with Gasteiger partial charge < -0.3 is 10.4 Å². The third kappa shape index (κ3) is 6.14. The van der Waals surface area contributed by atoms with Gasteiger partial charge in [0.2, 0.25) is 10.0 Å². The molecule has 0 radical (unpaired) electrons. The van der Waals surface area contributed by atoms with Crippen LogP contribution in [0.4, 0.5) is 0 Å². The lowest BCUT2D eigenvalue weighted by molar-refractivity contribution is -0.138. The zero-order valence-corrected chi connectivity index (χ0v) is 22.5. The zero-order valence-electron chi connectivity index (χ0n) is 21.6. The summed E-state index contributed by atoms with van der Waals surface area (Å²) in [6.07, 6.45) is 9.75. The molecule has 1 fully saturated rings. The first-order chi connectivity index (χ1) is 18.3. The maximum atomic E-state index is 12.8. The van der Waals surface area contributed by atoms with Crippen LogP contribution in [0.1, 0.15) is 72.5 Å². The number of aromatic nitrogens is 3. The second-order valence-electron chi connectivity index (χ2n) is 10.5. The van der Waals surface area contributed by atoms with E-state index in [-0.39, 0.29) is 17.4 Å². The van der Waals surface area contributed by atoms with Crippen molar-refractivity contribution in [3.63, 3.8) is 0 Å². The van der Waals surface area contributed by atoms with E-state index < -0.39 is 22.0 Å². The molecular weight excluding hydrogens is 502 g/mol. The van der Waals surface area contributed by atoms with Crippen molar-refractivity contribution in [1.29, 1.82) is 0 Å². The lowest BCUT2D eigenvalue weighted by atomic mass is 9.86. The minimum atomic E-state index is -4.00. The van der Waals surface area contributed by atoms with Crippen molar-refractivity contribution in [1.82, 2.24) is 25.0 Å². The third-order valence-corrected chi connectivity index (χ3v) is 9.14. The van der Waals surface area contributed by atoms with Gasteiger partial charge in [-0.05, 0) is 67.9 Å². The average Bonchev–Trinajstić information content (AvgIpc) is 3.59. The number of benzene rings is 2. The number of fused-ring (bicyclic) bond motifs is 1. The molecule has 2 aliphatic carbocycles. The second-order valence-corrected chi connectivity index (χ2v) is 12.2. The predicted molar refractivity (Wildman–Crippen MR) is 143 cm³/mol. The molecule has 0 spiro atoms. The van der Waals surface area contributed by atoms with Crippen LogP contribution in [0.2, 0.25) is 0 Å². The van der Waals surface area contributed by atoms with Crippen molar-refractivity contribution < 1.29 is 18.3 Å². The Labute approximate surface area is 223 Å². The van der Waals surface area contributed by atoms with Gasteiger partial charge in [-0.1, -0.05) is 54.0 Å². The molecular formula is C28H35N5O4S. The van der Waals surface area contributed by atoms with Crippen molar-refractivity contribution in [2.75, 3.05) is 0 Å². The molecule has 0 aliphatic heterocycles. The monoisotopic (exact) mass is 537 g/mol. The molecule has 1 heterocycles. The molecule has 1 aromatic heterocycles. The standard InChI is InChI=1S/C28H35N5O4S/c1-19-9-12-24(13-10-19)38(36,37)31-26(28(34)35)16-23-18-33(32-30-23)27-8-4-5-21-15-20(11-14-25(21)27)17-29-22-6-2-3-7-22/h9-15,18,22,26-27,29,31H,2-8,16-17H2,1H3,(H,34,35)/t26-,27-/m1/s1. The minimum absolute atomic E-state index is 0.0179. The van der Waals surface area contributed by atoms with Gasteiger partial charge in [0.05, 0.1) is 16.6 Å². The Balaban J connectivity index is 1.27. The van der Waals surface area contributed by atoms with Gasteiger partial charge in [0.25, 0.3) is 0 Å². The lowest BCUT2D eigenvalue weighted by Gasteiger charge is -2.26. The molecule has 0 unspecified atom stereocenters. The molecule has 3 aromatic rings. The summed E-state index contributed by atoms with van der Waals surface area (Å²) < 4.78 is 29.6. The second kappa shape index (κ2) is 11.3. The number of nitrogens with one attached hydrogen (secondary N) is 2. The van der Waals surface area contributed by atoms with Gasteiger partial charge in [0.1, 0.15) is 6.04 Å². The number of rotatable bonds is 10. The van der Waals surface area contributed by atoms with Gasteiger partial charge in [0.15, 0.2) is 0 Å². The van der Waals surface area contributed by atoms with E-state index in [9.17, 15) is 18.3 Å². The summed E-state index contributed by atoms with van der Waals surface area (Å²) in [6.45, 7) is 2.73. The molecule has 38 heavy (non-hydrogen) atoms. The highest BCUT2D eigenvalue weighted by Gasteiger charge is 2.28. The molecule has 9 nitrogen and oxygen atoms in total. The number of sulfonamides is 1. The maximum absolute atomic E-state index is 12.8. The van der Waals surface area contributed by atoms with Crippen molar-refractivity contribution in [3.8, 4) is 0 Å². The van der Waals surface area contributed by atoms with Crippen LogP contribution in [0, 0.1) is 6.92 Å². The van der Waals surface area contributed by atoms with Crippen molar-refractivity contribution in [2.24, 2.45) is 0 Å². The van der Waals surface area contributed by atoms with E-state index >= 15 is 0 Å². The maximum Gasteiger partial charge on any atom is 0.322 e. The van der Waals surface area contributed by atoms with Crippen LogP contribution in [0.3, 0.4) is 0 Å². The quantitative estimate of drug-likeness (QED) is 0.361. The Morgan fingerprint density at radius 1 is 1.11 bits per heavy atom. The molecule has 2 aromatic carbocycles. The Morgan fingerprint density at radius 2 is 1.87 bits per heavy atom. The fraction of sp³-hybridized carbons (Fsp3) is 0.464. The largest absolute Gasteiger partial charge is 0.480 e. The smallest absolute Gasteiger partial charge is 0.322 e. The van der Waals surface area contributed by atoms with Gasteiger partial charge in [0, 0.05) is 25.2 Å². The van der Waals surface area contributed by atoms with Crippen LogP contribution >= 0.6 is 0 Å². The molecule has 3 N–H and O–H groups in total. The number of aliphatic carboxylic acids is 1. The topological polar surface area (TPSA) is 126 Å². The SMILES string of the molecule is Cc1ccc(S(=O)(=O)N[C@H](Cc2cn([C@@H]3CCCc4cc(CNC5CCCC5)ccc43)nn2)C(=O)O)cc1. The van der Waals surface area contributed by atoms with Crippen LogP contribution in [-0.4, -0.2) is 46.6 Å². The van der Waals surface area contributed by atoms with Gasteiger partial charge in [-0.15, -0.1) is 5.10 Å². The lowest BCUT2D eigenvalue weighted by Crippen LogP contribution is -2.42. The predicted octanol–water partition coefficient (Wildman–Crippen LogP) is 3.52. The average molecular weight is 538 g/mol. The first-order valence-electron chi connectivity index (χ1n) is 13.4. The van der Waals surface area contributed by atoms with Crippen molar-refractivity contribution in [2.45, 2.75) is 87.9 Å². The molecule has 1 saturated carbocycles. The van der Waals surface area contributed by atoms with E-state index in [0.717, 1.165) is 31.4 Å². The highest BCUT2D eigenvalue weighted by atomic mass is 32.2. The van der Waals surface area contributed by atoms with Gasteiger partial charge >= 0.3 is 5.97 Å². The van der Waals surface area contributed by atoms with Gasteiger partial charge in [-0.3, -0.25) is 4.79 Å². The van der Waals surface area contributed by atoms with E-state index in [2.05, 4.69) is 38.6 Å². The van der Waals surface area contributed by atoms with E-state index in [0.29, 0.717) is 11.7 Å².